The predicted octanol–water partition coefficient (Wildman–Crippen LogP) is -0.329. The first-order valence-corrected chi connectivity index (χ1v) is 7.48. The summed E-state index contributed by atoms with van der Waals surface area (Å²) >= 11 is 0. The van der Waals surface area contributed by atoms with Crippen LogP contribution in [0.2, 0.25) is 0 Å². The Bertz CT molecular complexity index is 743. The predicted molar refractivity (Wildman–Crippen MR) is 76.2 cm³/mol. The maximum Gasteiger partial charge on any atom is 0.330 e. The van der Waals surface area contributed by atoms with Gasteiger partial charge in [-0.2, -0.15) is 4.31 Å². The van der Waals surface area contributed by atoms with Gasteiger partial charge in [0, 0.05) is 33.4 Å². The number of nitrogens with zero attached hydrogens (tertiary/aromatic N) is 3. The summed E-state index contributed by atoms with van der Waals surface area (Å²) in [5.74, 6) is 0. The van der Waals surface area contributed by atoms with E-state index in [0.717, 1.165) is 19.6 Å². The Morgan fingerprint density at radius 2 is 1.90 bits per heavy atom. The minimum atomic E-state index is -3.96. The molecule has 0 atom stereocenters. The highest BCUT2D eigenvalue weighted by molar-refractivity contribution is 7.89. The topological polar surface area (TPSA) is 81.4 Å². The van der Waals surface area contributed by atoms with Gasteiger partial charge < -0.3 is 4.57 Å². The molecule has 0 aliphatic heterocycles. The molecule has 1 aromatic heterocycles. The number of rotatable bonds is 5. The van der Waals surface area contributed by atoms with E-state index in [1.165, 1.54) is 14.1 Å². The summed E-state index contributed by atoms with van der Waals surface area (Å²) in [6.45, 7) is 7.40. The van der Waals surface area contributed by atoms with Crippen LogP contribution in [0.3, 0.4) is 0 Å². The number of aryl methyl sites for hydroxylation is 1. The Labute approximate surface area is 117 Å². The minimum Gasteiger partial charge on any atom is -0.302 e. The molecule has 0 saturated carbocycles. The van der Waals surface area contributed by atoms with Gasteiger partial charge in [-0.15, -0.1) is 0 Å². The number of hydrogen-bond donors (Lipinski definition) is 0. The lowest BCUT2D eigenvalue weighted by molar-refractivity contribution is 0.449. The highest BCUT2D eigenvalue weighted by atomic mass is 32.2. The maximum absolute atomic E-state index is 12.5. The Hall–Kier alpha value is -1.67. The highest BCUT2D eigenvalue weighted by Crippen LogP contribution is 2.11. The SMILES string of the molecule is C=C(C)CN(CC)S(=O)(=O)c1cn(C)c(=O)n(C)c1=O. The zero-order chi connectivity index (χ0) is 15.7. The van der Waals surface area contributed by atoms with Crippen LogP contribution in [0.25, 0.3) is 0 Å². The molecule has 0 radical (unpaired) electrons. The van der Waals surface area contributed by atoms with Crippen molar-refractivity contribution in [1.29, 1.82) is 0 Å². The molecule has 0 aromatic carbocycles. The second-order valence-electron chi connectivity index (χ2n) is 4.64. The normalized spacial score (nSPS) is 11.8. The molecule has 8 heteroatoms. The number of hydrogen-bond acceptors (Lipinski definition) is 4. The molecule has 0 amide bonds. The van der Waals surface area contributed by atoms with Crippen molar-refractivity contribution in [3.8, 4) is 0 Å². The Morgan fingerprint density at radius 3 is 2.35 bits per heavy atom. The second kappa shape index (κ2) is 5.76. The smallest absolute Gasteiger partial charge is 0.302 e. The van der Waals surface area contributed by atoms with E-state index in [9.17, 15) is 18.0 Å². The van der Waals surface area contributed by atoms with Crippen LogP contribution in [-0.4, -0.2) is 34.9 Å². The molecule has 0 saturated heterocycles. The molecule has 0 bridgehead atoms. The summed E-state index contributed by atoms with van der Waals surface area (Å²) in [7, 11) is -1.31. The summed E-state index contributed by atoms with van der Waals surface area (Å²) < 4.78 is 28.0. The monoisotopic (exact) mass is 301 g/mol. The zero-order valence-electron chi connectivity index (χ0n) is 12.1. The molecule has 0 aliphatic carbocycles. The lowest BCUT2D eigenvalue weighted by atomic mass is 10.3. The summed E-state index contributed by atoms with van der Waals surface area (Å²) in [6, 6.07) is 0. The minimum absolute atomic E-state index is 0.130. The summed E-state index contributed by atoms with van der Waals surface area (Å²) in [4.78, 5) is 23.2. The van der Waals surface area contributed by atoms with Crippen molar-refractivity contribution >= 4 is 10.0 Å². The van der Waals surface area contributed by atoms with Crippen LogP contribution >= 0.6 is 0 Å². The lowest BCUT2D eigenvalue weighted by Crippen LogP contribution is -2.43. The standard InChI is InChI=1S/C12H19N3O4S/c1-6-15(7-9(2)3)20(18,19)10-8-13(4)12(17)14(5)11(10)16/h8H,2,6-7H2,1,3-5H3. The zero-order valence-corrected chi connectivity index (χ0v) is 12.9. The van der Waals surface area contributed by atoms with Gasteiger partial charge in [-0.25, -0.2) is 13.2 Å². The van der Waals surface area contributed by atoms with E-state index in [-0.39, 0.29) is 13.1 Å². The van der Waals surface area contributed by atoms with Crippen LogP contribution in [0.1, 0.15) is 13.8 Å². The van der Waals surface area contributed by atoms with Crippen LogP contribution in [0.5, 0.6) is 0 Å². The van der Waals surface area contributed by atoms with Gasteiger partial charge in [0.25, 0.3) is 5.56 Å². The van der Waals surface area contributed by atoms with Gasteiger partial charge >= 0.3 is 5.69 Å². The molecule has 0 fully saturated rings. The van der Waals surface area contributed by atoms with E-state index in [1.54, 1.807) is 13.8 Å². The lowest BCUT2D eigenvalue weighted by Gasteiger charge is -2.20. The third-order valence-corrected chi connectivity index (χ3v) is 4.73. The average Bonchev–Trinajstić information content (AvgIpc) is 2.37. The second-order valence-corrected chi connectivity index (χ2v) is 6.55. The number of aromatic nitrogens is 2. The van der Waals surface area contributed by atoms with Gasteiger partial charge in [0.15, 0.2) is 4.90 Å². The van der Waals surface area contributed by atoms with Crippen molar-refractivity contribution in [3.63, 3.8) is 0 Å². The molecule has 0 spiro atoms. The molecule has 0 N–H and O–H groups in total. The third kappa shape index (κ3) is 2.91. The molecular weight excluding hydrogens is 282 g/mol. The Kier molecular flexibility index (Phi) is 4.72. The number of likely N-dealkylation sites (N-methyl/N-ethyl adjacent to an activating group) is 1. The van der Waals surface area contributed by atoms with Gasteiger partial charge in [-0.3, -0.25) is 9.36 Å². The fraction of sp³-hybridized carbons (Fsp3) is 0.500. The highest BCUT2D eigenvalue weighted by Gasteiger charge is 2.27. The quantitative estimate of drug-likeness (QED) is 0.697. The molecule has 112 valence electrons. The molecule has 1 rings (SSSR count). The van der Waals surface area contributed by atoms with Crippen molar-refractivity contribution in [2.45, 2.75) is 18.7 Å². The van der Waals surface area contributed by atoms with Crippen molar-refractivity contribution in [3.05, 3.63) is 39.2 Å². The van der Waals surface area contributed by atoms with Crippen LogP contribution in [0.15, 0.2) is 32.8 Å². The van der Waals surface area contributed by atoms with Crippen LogP contribution < -0.4 is 11.2 Å². The largest absolute Gasteiger partial charge is 0.330 e. The van der Waals surface area contributed by atoms with Crippen molar-refractivity contribution in [2.75, 3.05) is 13.1 Å². The van der Waals surface area contributed by atoms with E-state index in [4.69, 9.17) is 0 Å². The van der Waals surface area contributed by atoms with Crippen molar-refractivity contribution < 1.29 is 8.42 Å². The first-order chi connectivity index (χ1) is 9.12. The first kappa shape index (κ1) is 16.4. The van der Waals surface area contributed by atoms with Crippen molar-refractivity contribution in [2.24, 2.45) is 14.1 Å². The fourth-order valence-corrected chi connectivity index (χ4v) is 3.42. The molecule has 20 heavy (non-hydrogen) atoms. The van der Waals surface area contributed by atoms with Gasteiger partial charge in [0.1, 0.15) is 0 Å². The average molecular weight is 301 g/mol. The molecule has 0 unspecified atom stereocenters. The Balaban J connectivity index is 3.54. The maximum atomic E-state index is 12.5. The van der Waals surface area contributed by atoms with Gasteiger partial charge in [-0.05, 0) is 6.92 Å². The van der Waals surface area contributed by atoms with E-state index >= 15 is 0 Å². The van der Waals surface area contributed by atoms with E-state index in [2.05, 4.69) is 6.58 Å². The van der Waals surface area contributed by atoms with Crippen LogP contribution in [-0.2, 0) is 24.1 Å². The van der Waals surface area contributed by atoms with E-state index < -0.39 is 26.2 Å². The summed E-state index contributed by atoms with van der Waals surface area (Å²) in [5, 5.41) is 0. The van der Waals surface area contributed by atoms with E-state index in [1.807, 2.05) is 0 Å². The van der Waals surface area contributed by atoms with Crippen LogP contribution in [0, 0.1) is 0 Å². The third-order valence-electron chi connectivity index (χ3n) is 2.83. The molecule has 1 aromatic rings. The fourth-order valence-electron chi connectivity index (χ4n) is 1.76. The van der Waals surface area contributed by atoms with Crippen molar-refractivity contribution in [1.82, 2.24) is 13.4 Å². The molecule has 7 nitrogen and oxygen atoms in total. The van der Waals surface area contributed by atoms with Gasteiger partial charge in [-0.1, -0.05) is 19.1 Å². The van der Waals surface area contributed by atoms with Gasteiger partial charge in [0.05, 0.1) is 0 Å². The molecule has 1 heterocycles. The number of sulfonamides is 1. The van der Waals surface area contributed by atoms with Gasteiger partial charge in [0.2, 0.25) is 10.0 Å². The first-order valence-electron chi connectivity index (χ1n) is 6.04. The van der Waals surface area contributed by atoms with Crippen LogP contribution in [0.4, 0.5) is 0 Å². The molecular formula is C12H19N3O4S. The molecule has 0 aliphatic rings. The summed E-state index contributed by atoms with van der Waals surface area (Å²) in [5.41, 5.74) is -0.734. The summed E-state index contributed by atoms with van der Waals surface area (Å²) in [6.07, 6.45) is 1.06. The van der Waals surface area contributed by atoms with E-state index in [0.29, 0.717) is 5.57 Å². The Morgan fingerprint density at radius 1 is 1.35 bits per heavy atom.